The van der Waals surface area contributed by atoms with Crippen LogP contribution in [-0.2, 0) is 16.0 Å². The highest BCUT2D eigenvalue weighted by molar-refractivity contribution is 6.05. The number of nitrogens with one attached hydrogen (secondary N) is 1. The SMILES string of the molecule is O=C(CCc1ccc(OCCCCOc2ccccc2)cc1)Nc1ccc(C(=O)O)cc1C(=O)N1CCC(OC(=O)O)CC1. The van der Waals surface area contributed by atoms with Crippen molar-refractivity contribution in [1.82, 2.24) is 4.90 Å². The summed E-state index contributed by atoms with van der Waals surface area (Å²) in [6, 6.07) is 21.2. The Morgan fingerprint density at radius 3 is 2.07 bits per heavy atom. The van der Waals surface area contributed by atoms with E-state index in [1.807, 2.05) is 54.6 Å². The van der Waals surface area contributed by atoms with Crippen LogP contribution in [0.3, 0.4) is 0 Å². The summed E-state index contributed by atoms with van der Waals surface area (Å²) in [6.45, 7) is 1.67. The number of amides is 2. The normalized spacial score (nSPS) is 13.1. The number of carboxylic acids is 1. The predicted octanol–water partition coefficient (Wildman–Crippen LogP) is 5.49. The zero-order chi connectivity index (χ0) is 31.3. The Balaban J connectivity index is 1.24. The number of aromatic carboxylic acids is 1. The molecule has 44 heavy (non-hydrogen) atoms. The van der Waals surface area contributed by atoms with E-state index in [0.717, 1.165) is 29.9 Å². The number of rotatable bonds is 14. The maximum absolute atomic E-state index is 13.3. The number of carbonyl (C=O) groups is 4. The summed E-state index contributed by atoms with van der Waals surface area (Å²) >= 11 is 0. The number of hydrogen-bond acceptors (Lipinski definition) is 7. The quantitative estimate of drug-likeness (QED) is 0.160. The molecule has 232 valence electrons. The van der Waals surface area contributed by atoms with Gasteiger partial charge in [-0.25, -0.2) is 9.59 Å². The van der Waals surface area contributed by atoms with E-state index in [2.05, 4.69) is 5.32 Å². The predicted molar refractivity (Wildman–Crippen MR) is 161 cm³/mol. The average molecular weight is 605 g/mol. The first-order valence-electron chi connectivity index (χ1n) is 14.5. The van der Waals surface area contributed by atoms with Gasteiger partial charge in [0.1, 0.15) is 17.6 Å². The van der Waals surface area contributed by atoms with E-state index >= 15 is 0 Å². The summed E-state index contributed by atoms with van der Waals surface area (Å²) in [5.41, 5.74) is 1.13. The van der Waals surface area contributed by atoms with E-state index in [0.29, 0.717) is 32.5 Å². The number of carbonyl (C=O) groups excluding carboxylic acids is 2. The first-order chi connectivity index (χ1) is 21.3. The third-order valence-electron chi connectivity index (χ3n) is 7.15. The summed E-state index contributed by atoms with van der Waals surface area (Å²) in [7, 11) is 0. The Hall–Kier alpha value is -5.06. The van der Waals surface area contributed by atoms with Crippen LogP contribution >= 0.6 is 0 Å². The highest BCUT2D eigenvalue weighted by Gasteiger charge is 2.28. The van der Waals surface area contributed by atoms with Gasteiger partial charge in [-0.05, 0) is 67.3 Å². The number of para-hydroxylation sites is 1. The smallest absolute Gasteiger partial charge is 0.494 e. The van der Waals surface area contributed by atoms with Gasteiger partial charge in [-0.2, -0.15) is 0 Å². The van der Waals surface area contributed by atoms with Gasteiger partial charge in [-0.15, -0.1) is 0 Å². The number of unbranched alkanes of at least 4 members (excludes halogenated alkanes) is 1. The summed E-state index contributed by atoms with van der Waals surface area (Å²) in [4.78, 5) is 50.0. The molecule has 11 heteroatoms. The zero-order valence-electron chi connectivity index (χ0n) is 24.3. The number of hydrogen-bond donors (Lipinski definition) is 3. The van der Waals surface area contributed by atoms with Gasteiger partial charge in [0.2, 0.25) is 5.91 Å². The lowest BCUT2D eigenvalue weighted by molar-refractivity contribution is -0.116. The van der Waals surface area contributed by atoms with Crippen molar-refractivity contribution in [2.45, 2.75) is 44.6 Å². The highest BCUT2D eigenvalue weighted by atomic mass is 16.7. The molecule has 1 heterocycles. The lowest BCUT2D eigenvalue weighted by Gasteiger charge is -2.31. The van der Waals surface area contributed by atoms with Crippen molar-refractivity contribution in [2.24, 2.45) is 0 Å². The van der Waals surface area contributed by atoms with Crippen LogP contribution in [0, 0.1) is 0 Å². The van der Waals surface area contributed by atoms with Gasteiger partial charge in [0, 0.05) is 32.4 Å². The number of benzene rings is 3. The molecular formula is C33H36N2O9. The van der Waals surface area contributed by atoms with E-state index in [-0.39, 0.29) is 42.2 Å². The van der Waals surface area contributed by atoms with E-state index in [1.165, 1.54) is 23.1 Å². The molecule has 1 fully saturated rings. The first kappa shape index (κ1) is 31.9. The lowest BCUT2D eigenvalue weighted by Crippen LogP contribution is -2.41. The Morgan fingerprint density at radius 2 is 1.45 bits per heavy atom. The molecule has 11 nitrogen and oxygen atoms in total. The van der Waals surface area contributed by atoms with Crippen molar-refractivity contribution in [3.05, 3.63) is 89.5 Å². The number of anilines is 1. The Bertz CT molecular complexity index is 1420. The molecule has 2 amide bonds. The second-order valence-corrected chi connectivity index (χ2v) is 10.4. The summed E-state index contributed by atoms with van der Waals surface area (Å²) in [5.74, 6) is -0.382. The maximum atomic E-state index is 13.3. The third kappa shape index (κ3) is 9.75. The second kappa shape index (κ2) is 16.0. The van der Waals surface area contributed by atoms with Gasteiger partial charge in [0.25, 0.3) is 5.91 Å². The van der Waals surface area contributed by atoms with Gasteiger partial charge >= 0.3 is 12.1 Å². The number of aryl methyl sites for hydroxylation is 1. The minimum atomic E-state index is -1.37. The van der Waals surface area contributed by atoms with Crippen molar-refractivity contribution in [3.8, 4) is 11.5 Å². The number of piperidine rings is 1. The van der Waals surface area contributed by atoms with Crippen molar-refractivity contribution < 1.29 is 43.6 Å². The summed E-state index contributed by atoms with van der Waals surface area (Å²) in [5, 5.41) is 21.0. The average Bonchev–Trinajstić information content (AvgIpc) is 3.02. The molecule has 1 aliphatic heterocycles. The van der Waals surface area contributed by atoms with Crippen molar-refractivity contribution in [2.75, 3.05) is 31.6 Å². The fourth-order valence-electron chi connectivity index (χ4n) is 4.78. The number of ether oxygens (including phenoxy) is 3. The van der Waals surface area contributed by atoms with Crippen LogP contribution in [0.2, 0.25) is 0 Å². The fourth-order valence-corrected chi connectivity index (χ4v) is 4.78. The molecule has 0 aromatic heterocycles. The van der Waals surface area contributed by atoms with Gasteiger partial charge in [-0.3, -0.25) is 9.59 Å². The standard InChI is InChI=1S/C33H36N2O9/c36-30(15-10-23-8-12-26(13-9-23)43-21-5-4-20-42-25-6-2-1-3-7-25)34-29-14-11-24(32(38)39)22-28(29)31(37)35-18-16-27(17-19-35)44-33(40)41/h1-3,6-9,11-14,22,27H,4-5,10,15-21H2,(H,34,36)(H,38,39)(H,40,41). The highest BCUT2D eigenvalue weighted by Crippen LogP contribution is 2.24. The first-order valence-corrected chi connectivity index (χ1v) is 14.5. The molecule has 0 atom stereocenters. The summed E-state index contributed by atoms with van der Waals surface area (Å²) in [6.07, 6.45) is 1.10. The Kier molecular flexibility index (Phi) is 11.6. The van der Waals surface area contributed by atoms with E-state index in [4.69, 9.17) is 19.3 Å². The molecule has 0 unspecified atom stereocenters. The number of nitrogens with zero attached hydrogens (tertiary/aromatic N) is 1. The van der Waals surface area contributed by atoms with Crippen LogP contribution in [0.15, 0.2) is 72.8 Å². The molecule has 3 aromatic carbocycles. The minimum Gasteiger partial charge on any atom is -0.494 e. The third-order valence-corrected chi connectivity index (χ3v) is 7.15. The zero-order valence-corrected chi connectivity index (χ0v) is 24.3. The van der Waals surface area contributed by atoms with Crippen LogP contribution in [-0.4, -0.2) is 71.5 Å². The van der Waals surface area contributed by atoms with Gasteiger partial charge in [0.05, 0.1) is 30.0 Å². The maximum Gasteiger partial charge on any atom is 0.506 e. The Morgan fingerprint density at radius 1 is 0.818 bits per heavy atom. The van der Waals surface area contributed by atoms with Gasteiger partial charge in [0.15, 0.2) is 0 Å². The topological polar surface area (TPSA) is 152 Å². The van der Waals surface area contributed by atoms with Crippen molar-refractivity contribution >= 4 is 29.6 Å². The number of carboxylic acid groups (broad SMARTS) is 2. The lowest BCUT2D eigenvalue weighted by atomic mass is 10.0. The van der Waals surface area contributed by atoms with Crippen LogP contribution < -0.4 is 14.8 Å². The van der Waals surface area contributed by atoms with Gasteiger partial charge in [-0.1, -0.05) is 30.3 Å². The number of likely N-dealkylation sites (tertiary alicyclic amines) is 1. The van der Waals surface area contributed by atoms with E-state index in [1.54, 1.807) is 0 Å². The molecule has 0 bridgehead atoms. The molecule has 0 saturated carbocycles. The second-order valence-electron chi connectivity index (χ2n) is 10.4. The van der Waals surface area contributed by atoms with Crippen molar-refractivity contribution in [1.29, 1.82) is 0 Å². The van der Waals surface area contributed by atoms with Gasteiger partial charge < -0.3 is 34.6 Å². The monoisotopic (exact) mass is 604 g/mol. The molecular weight excluding hydrogens is 568 g/mol. The minimum absolute atomic E-state index is 0.0592. The summed E-state index contributed by atoms with van der Waals surface area (Å²) < 4.78 is 16.3. The fraction of sp³-hybridized carbons (Fsp3) is 0.333. The van der Waals surface area contributed by atoms with Crippen LogP contribution in [0.1, 0.15) is 58.4 Å². The molecule has 0 radical (unpaired) electrons. The van der Waals surface area contributed by atoms with E-state index < -0.39 is 24.1 Å². The van der Waals surface area contributed by atoms with Crippen LogP contribution in [0.5, 0.6) is 11.5 Å². The van der Waals surface area contributed by atoms with Crippen molar-refractivity contribution in [3.63, 3.8) is 0 Å². The molecule has 3 aromatic rings. The molecule has 4 rings (SSSR count). The molecule has 1 saturated heterocycles. The largest absolute Gasteiger partial charge is 0.506 e. The molecule has 0 spiro atoms. The molecule has 1 aliphatic rings. The van der Waals surface area contributed by atoms with Crippen LogP contribution in [0.4, 0.5) is 10.5 Å². The molecule has 3 N–H and O–H groups in total. The molecule has 0 aliphatic carbocycles. The van der Waals surface area contributed by atoms with Crippen LogP contribution in [0.25, 0.3) is 0 Å². The van der Waals surface area contributed by atoms with E-state index in [9.17, 15) is 24.3 Å². The Labute approximate surface area is 255 Å².